The van der Waals surface area contributed by atoms with Crippen molar-refractivity contribution in [3.63, 3.8) is 0 Å². The van der Waals surface area contributed by atoms with Crippen LogP contribution in [-0.2, 0) is 0 Å². The molecular weight excluding hydrogens is 336 g/mol. The van der Waals surface area contributed by atoms with Crippen molar-refractivity contribution in [3.8, 4) is 0 Å². The lowest BCUT2D eigenvalue weighted by molar-refractivity contribution is 0.0934. The van der Waals surface area contributed by atoms with Gasteiger partial charge in [-0.1, -0.05) is 49.7 Å². The summed E-state index contributed by atoms with van der Waals surface area (Å²) in [7, 11) is 0. The van der Waals surface area contributed by atoms with Crippen LogP contribution >= 0.6 is 11.6 Å². The van der Waals surface area contributed by atoms with Gasteiger partial charge in [-0.15, -0.1) is 0 Å². The van der Waals surface area contributed by atoms with Gasteiger partial charge in [-0.25, -0.2) is 9.50 Å². The van der Waals surface area contributed by atoms with Crippen molar-refractivity contribution in [2.45, 2.75) is 39.2 Å². The molecule has 0 bridgehead atoms. The van der Waals surface area contributed by atoms with E-state index in [1.54, 1.807) is 18.5 Å². The van der Waals surface area contributed by atoms with Gasteiger partial charge < -0.3 is 5.32 Å². The summed E-state index contributed by atoms with van der Waals surface area (Å²) in [5.74, 6) is 0.220. The number of carbonyl (C=O) groups excluding carboxylic acids is 1. The van der Waals surface area contributed by atoms with Crippen LogP contribution in [0.15, 0.2) is 42.7 Å². The second-order valence-corrected chi connectivity index (χ2v) is 6.60. The first-order valence-corrected chi connectivity index (χ1v) is 8.78. The standard InChI is InChI=1S/C19H21ClN4O/c1-4-12(2)14-6-8-15(9-7-14)13(3)22-19(25)17-16(20)18-21-10-5-11-24(18)23-17/h5-13H,4H2,1-3H3,(H,22,25)/t12-,13-/m0/s1. The fourth-order valence-corrected chi connectivity index (χ4v) is 2.96. The Bertz CT molecular complexity index is 888. The summed E-state index contributed by atoms with van der Waals surface area (Å²) in [5.41, 5.74) is 3.00. The van der Waals surface area contributed by atoms with E-state index in [1.165, 1.54) is 10.1 Å². The summed E-state index contributed by atoms with van der Waals surface area (Å²) >= 11 is 6.25. The highest BCUT2D eigenvalue weighted by molar-refractivity contribution is 6.36. The minimum absolute atomic E-state index is 0.146. The second kappa shape index (κ2) is 7.23. The van der Waals surface area contributed by atoms with E-state index in [4.69, 9.17) is 11.6 Å². The number of hydrogen-bond acceptors (Lipinski definition) is 3. The van der Waals surface area contributed by atoms with Gasteiger partial charge in [0.1, 0.15) is 5.02 Å². The van der Waals surface area contributed by atoms with E-state index in [0.717, 1.165) is 12.0 Å². The van der Waals surface area contributed by atoms with Crippen molar-refractivity contribution in [2.75, 3.05) is 0 Å². The molecule has 0 saturated carbocycles. The molecule has 1 aromatic carbocycles. The second-order valence-electron chi connectivity index (χ2n) is 6.22. The van der Waals surface area contributed by atoms with Gasteiger partial charge in [0.2, 0.25) is 0 Å². The van der Waals surface area contributed by atoms with Crippen molar-refractivity contribution >= 4 is 23.2 Å². The molecule has 0 fully saturated rings. The lowest BCUT2D eigenvalue weighted by Gasteiger charge is -2.15. The molecule has 0 saturated heterocycles. The number of fused-ring (bicyclic) bond motifs is 1. The van der Waals surface area contributed by atoms with Gasteiger partial charge in [-0.3, -0.25) is 4.79 Å². The van der Waals surface area contributed by atoms with Crippen molar-refractivity contribution in [2.24, 2.45) is 0 Å². The molecule has 2 atom stereocenters. The Morgan fingerprint density at radius 3 is 2.56 bits per heavy atom. The number of halogens is 1. The number of carbonyl (C=O) groups is 1. The molecule has 1 N–H and O–H groups in total. The number of aromatic nitrogens is 3. The molecule has 25 heavy (non-hydrogen) atoms. The molecule has 0 spiro atoms. The first kappa shape index (κ1) is 17.4. The van der Waals surface area contributed by atoms with Crippen LogP contribution in [0.2, 0.25) is 5.02 Å². The highest BCUT2D eigenvalue weighted by Gasteiger charge is 2.20. The van der Waals surface area contributed by atoms with E-state index in [2.05, 4.69) is 53.5 Å². The Morgan fingerprint density at radius 2 is 1.92 bits per heavy atom. The molecule has 0 radical (unpaired) electrons. The fraction of sp³-hybridized carbons (Fsp3) is 0.316. The molecule has 2 aromatic heterocycles. The van der Waals surface area contributed by atoms with Gasteiger partial charge in [0.05, 0.1) is 6.04 Å². The molecule has 3 aromatic rings. The minimum atomic E-state index is -0.311. The Morgan fingerprint density at radius 1 is 1.24 bits per heavy atom. The zero-order chi connectivity index (χ0) is 18.0. The SMILES string of the molecule is CC[C@H](C)c1ccc([C@H](C)NC(=O)c2nn3cccnc3c2Cl)cc1. The smallest absolute Gasteiger partial charge is 0.273 e. The molecule has 2 heterocycles. The summed E-state index contributed by atoms with van der Waals surface area (Å²) in [6.45, 7) is 6.33. The Kier molecular flexibility index (Phi) is 5.04. The van der Waals surface area contributed by atoms with Crippen molar-refractivity contribution < 1.29 is 4.79 Å². The molecule has 130 valence electrons. The molecule has 0 aliphatic rings. The van der Waals surface area contributed by atoms with E-state index in [1.807, 2.05) is 6.92 Å². The minimum Gasteiger partial charge on any atom is -0.344 e. The number of nitrogens with one attached hydrogen (secondary N) is 1. The highest BCUT2D eigenvalue weighted by Crippen LogP contribution is 2.23. The predicted octanol–water partition coefficient (Wildman–Crippen LogP) is 4.39. The van der Waals surface area contributed by atoms with Crippen LogP contribution in [0.25, 0.3) is 5.65 Å². The first-order valence-electron chi connectivity index (χ1n) is 8.40. The van der Waals surface area contributed by atoms with Gasteiger partial charge >= 0.3 is 0 Å². The van der Waals surface area contributed by atoms with Crippen LogP contribution in [0.3, 0.4) is 0 Å². The lowest BCUT2D eigenvalue weighted by Crippen LogP contribution is -2.27. The van der Waals surface area contributed by atoms with Crippen LogP contribution in [-0.4, -0.2) is 20.5 Å². The van der Waals surface area contributed by atoms with E-state index in [9.17, 15) is 4.79 Å². The van der Waals surface area contributed by atoms with Crippen LogP contribution in [0.1, 0.15) is 60.8 Å². The van der Waals surface area contributed by atoms with Gasteiger partial charge in [-0.05, 0) is 36.5 Å². The van der Waals surface area contributed by atoms with Gasteiger partial charge in [-0.2, -0.15) is 5.10 Å². The molecular formula is C19H21ClN4O. The maximum atomic E-state index is 12.5. The third kappa shape index (κ3) is 3.51. The number of rotatable bonds is 5. The Balaban J connectivity index is 1.76. The molecule has 1 amide bonds. The largest absolute Gasteiger partial charge is 0.344 e. The number of benzene rings is 1. The van der Waals surface area contributed by atoms with E-state index in [-0.39, 0.29) is 22.7 Å². The molecule has 0 unspecified atom stereocenters. The van der Waals surface area contributed by atoms with Crippen LogP contribution in [0.5, 0.6) is 0 Å². The zero-order valence-electron chi connectivity index (χ0n) is 14.5. The lowest BCUT2D eigenvalue weighted by atomic mass is 9.96. The quantitative estimate of drug-likeness (QED) is 0.737. The van der Waals surface area contributed by atoms with Crippen molar-refractivity contribution in [3.05, 3.63) is 64.6 Å². The summed E-state index contributed by atoms with van der Waals surface area (Å²) in [6, 6.07) is 9.94. The number of nitrogens with zero attached hydrogens (tertiary/aromatic N) is 3. The molecule has 6 heteroatoms. The average molecular weight is 357 g/mol. The number of amides is 1. The zero-order valence-corrected chi connectivity index (χ0v) is 15.3. The van der Waals surface area contributed by atoms with Gasteiger partial charge in [0.15, 0.2) is 11.3 Å². The third-order valence-corrected chi connectivity index (χ3v) is 4.87. The number of hydrogen-bond donors (Lipinski definition) is 1. The van der Waals surface area contributed by atoms with Crippen LogP contribution in [0, 0.1) is 0 Å². The first-order chi connectivity index (χ1) is 12.0. The third-order valence-electron chi connectivity index (χ3n) is 4.52. The van der Waals surface area contributed by atoms with Crippen LogP contribution < -0.4 is 5.32 Å². The van der Waals surface area contributed by atoms with Crippen LogP contribution in [0.4, 0.5) is 0 Å². The Hall–Kier alpha value is -2.40. The molecule has 0 aliphatic carbocycles. The summed E-state index contributed by atoms with van der Waals surface area (Å²) < 4.78 is 1.50. The van der Waals surface area contributed by atoms with E-state index >= 15 is 0 Å². The predicted molar refractivity (Wildman–Crippen MR) is 99.0 cm³/mol. The van der Waals surface area contributed by atoms with Gasteiger partial charge in [0, 0.05) is 12.4 Å². The summed E-state index contributed by atoms with van der Waals surface area (Å²) in [4.78, 5) is 16.7. The monoisotopic (exact) mass is 356 g/mol. The van der Waals surface area contributed by atoms with E-state index in [0.29, 0.717) is 11.6 Å². The molecule has 0 aliphatic heterocycles. The normalized spacial score (nSPS) is 13.6. The average Bonchev–Trinajstić information content (AvgIpc) is 2.98. The van der Waals surface area contributed by atoms with E-state index < -0.39 is 0 Å². The maximum Gasteiger partial charge on any atom is 0.273 e. The van der Waals surface area contributed by atoms with Crippen molar-refractivity contribution in [1.82, 2.24) is 19.9 Å². The van der Waals surface area contributed by atoms with Gasteiger partial charge in [0.25, 0.3) is 5.91 Å². The molecule has 5 nitrogen and oxygen atoms in total. The summed E-state index contributed by atoms with van der Waals surface area (Å²) in [5, 5.41) is 7.43. The fourth-order valence-electron chi connectivity index (χ4n) is 2.70. The van der Waals surface area contributed by atoms with Crippen molar-refractivity contribution in [1.29, 1.82) is 0 Å². The highest BCUT2D eigenvalue weighted by atomic mass is 35.5. The Labute approximate surface area is 152 Å². The molecule has 3 rings (SSSR count). The topological polar surface area (TPSA) is 59.3 Å². The maximum absolute atomic E-state index is 12.5. The summed E-state index contributed by atoms with van der Waals surface area (Å²) in [6.07, 6.45) is 4.43.